The standard InChI is InChI=1S/C42H81O10P/c1-3-5-7-9-11-13-15-17-18-19-20-22-24-26-28-30-32-34-42(46)52-40(36-44)38-50-53(47,48)49-37-39(35-43)51-41(45)33-31-29-27-25-23-21-16-14-12-10-8-6-4-2/h14,16,39-40,43-44H,3-13,15,17-38H2,1-2H3,(H,47,48)/b16-14-. The van der Waals surface area contributed by atoms with Crippen LogP contribution in [0.5, 0.6) is 0 Å². The summed E-state index contributed by atoms with van der Waals surface area (Å²) < 4.78 is 32.5. The first kappa shape index (κ1) is 51.7. The topological polar surface area (TPSA) is 149 Å². The molecule has 0 rings (SSSR count). The summed E-state index contributed by atoms with van der Waals surface area (Å²) >= 11 is 0. The molecule has 0 radical (unpaired) electrons. The maximum Gasteiger partial charge on any atom is 0.472 e. The predicted molar refractivity (Wildman–Crippen MR) is 215 cm³/mol. The molecule has 0 saturated heterocycles. The molecule has 0 aromatic rings. The fourth-order valence-corrected chi connectivity index (χ4v) is 6.89. The van der Waals surface area contributed by atoms with Gasteiger partial charge in [-0.1, -0.05) is 167 Å². The predicted octanol–water partition coefficient (Wildman–Crippen LogP) is 11.2. The number of hydrogen-bond acceptors (Lipinski definition) is 9. The van der Waals surface area contributed by atoms with E-state index in [0.717, 1.165) is 57.8 Å². The maximum atomic E-state index is 12.3. The Morgan fingerprint density at radius 2 is 0.774 bits per heavy atom. The Hall–Kier alpha value is -1.29. The van der Waals surface area contributed by atoms with Crippen LogP contribution >= 0.6 is 7.82 Å². The van der Waals surface area contributed by atoms with E-state index in [2.05, 4.69) is 26.0 Å². The van der Waals surface area contributed by atoms with E-state index in [0.29, 0.717) is 12.8 Å². The maximum absolute atomic E-state index is 12.3. The molecule has 314 valence electrons. The van der Waals surface area contributed by atoms with Gasteiger partial charge in [0.1, 0.15) is 12.2 Å². The lowest BCUT2D eigenvalue weighted by Crippen LogP contribution is -2.28. The zero-order valence-corrected chi connectivity index (χ0v) is 34.9. The SMILES string of the molecule is CCCCCC/C=C\CCCCCCCC(=O)OC(CO)COP(=O)(O)OCC(CO)OC(=O)CCCCCCCCCCCCCCCCCCC. The van der Waals surface area contributed by atoms with Crippen LogP contribution in [0.25, 0.3) is 0 Å². The Labute approximate surface area is 324 Å². The average Bonchev–Trinajstić information content (AvgIpc) is 3.14. The average molecular weight is 777 g/mol. The highest BCUT2D eigenvalue weighted by Crippen LogP contribution is 2.43. The summed E-state index contributed by atoms with van der Waals surface area (Å²) in [4.78, 5) is 34.5. The second kappa shape index (κ2) is 39.0. The molecule has 0 heterocycles. The molecule has 0 aliphatic carbocycles. The Morgan fingerprint density at radius 1 is 0.491 bits per heavy atom. The van der Waals surface area contributed by atoms with Gasteiger partial charge >= 0.3 is 19.8 Å². The largest absolute Gasteiger partial charge is 0.472 e. The zero-order valence-electron chi connectivity index (χ0n) is 34.0. The third-order valence-electron chi connectivity index (χ3n) is 9.48. The van der Waals surface area contributed by atoms with Gasteiger partial charge in [-0.15, -0.1) is 0 Å². The van der Waals surface area contributed by atoms with Gasteiger partial charge in [0.25, 0.3) is 0 Å². The van der Waals surface area contributed by atoms with E-state index in [9.17, 15) is 29.3 Å². The Morgan fingerprint density at radius 3 is 1.09 bits per heavy atom. The molecule has 11 heteroatoms. The lowest BCUT2D eigenvalue weighted by Gasteiger charge is -2.20. The summed E-state index contributed by atoms with van der Waals surface area (Å²) in [5.41, 5.74) is 0. The van der Waals surface area contributed by atoms with Gasteiger partial charge in [-0.25, -0.2) is 4.57 Å². The fraction of sp³-hybridized carbons (Fsp3) is 0.905. The molecule has 0 bridgehead atoms. The number of carbonyl (C=O) groups excluding carboxylic acids is 2. The van der Waals surface area contributed by atoms with Crippen molar-refractivity contribution >= 4 is 19.8 Å². The third kappa shape index (κ3) is 37.4. The molecule has 0 saturated carbocycles. The lowest BCUT2D eigenvalue weighted by molar-refractivity contribution is -0.153. The first-order chi connectivity index (χ1) is 25.8. The highest BCUT2D eigenvalue weighted by atomic mass is 31.2. The van der Waals surface area contributed by atoms with Crippen molar-refractivity contribution < 1.29 is 47.8 Å². The molecular formula is C42H81O10P. The summed E-state index contributed by atoms with van der Waals surface area (Å²) in [5, 5.41) is 19.1. The van der Waals surface area contributed by atoms with Crippen molar-refractivity contribution in [2.45, 2.75) is 219 Å². The minimum Gasteiger partial charge on any atom is -0.457 e. The molecule has 0 fully saturated rings. The quantitative estimate of drug-likeness (QED) is 0.0237. The van der Waals surface area contributed by atoms with E-state index in [1.807, 2.05) is 0 Å². The Balaban J connectivity index is 3.90. The summed E-state index contributed by atoms with van der Waals surface area (Å²) in [7, 11) is -4.63. The van der Waals surface area contributed by atoms with Gasteiger partial charge in [-0.2, -0.15) is 0 Å². The van der Waals surface area contributed by atoms with E-state index >= 15 is 0 Å². The molecule has 0 aromatic heterocycles. The number of rotatable bonds is 41. The molecule has 0 aliphatic rings. The first-order valence-corrected chi connectivity index (χ1v) is 23.1. The summed E-state index contributed by atoms with van der Waals surface area (Å²) in [6.07, 6.45) is 36.1. The van der Waals surface area contributed by atoms with Gasteiger partial charge in [-0.3, -0.25) is 18.6 Å². The molecule has 3 N–H and O–H groups in total. The van der Waals surface area contributed by atoms with Crippen molar-refractivity contribution in [3.05, 3.63) is 12.2 Å². The van der Waals surface area contributed by atoms with Crippen LogP contribution in [-0.4, -0.2) is 65.7 Å². The molecule has 3 atom stereocenters. The lowest BCUT2D eigenvalue weighted by atomic mass is 10.0. The van der Waals surface area contributed by atoms with Gasteiger partial charge in [0.2, 0.25) is 0 Å². The second-order valence-electron chi connectivity index (χ2n) is 14.7. The first-order valence-electron chi connectivity index (χ1n) is 21.6. The molecule has 0 amide bonds. The summed E-state index contributed by atoms with van der Waals surface area (Å²) in [5.74, 6) is -1.02. The van der Waals surface area contributed by atoms with E-state index in [-0.39, 0.29) is 12.8 Å². The third-order valence-corrected chi connectivity index (χ3v) is 10.4. The van der Waals surface area contributed by atoms with Gasteiger partial charge in [0.05, 0.1) is 26.4 Å². The number of ether oxygens (including phenoxy) is 2. The second-order valence-corrected chi connectivity index (χ2v) is 16.1. The van der Waals surface area contributed by atoms with Crippen LogP contribution in [-0.2, 0) is 32.7 Å². The van der Waals surface area contributed by atoms with Crippen LogP contribution in [0, 0.1) is 0 Å². The number of aliphatic hydroxyl groups is 2. The fourth-order valence-electron chi connectivity index (χ4n) is 6.11. The van der Waals surface area contributed by atoms with Crippen molar-refractivity contribution in [2.24, 2.45) is 0 Å². The Kier molecular flexibility index (Phi) is 38.0. The highest BCUT2D eigenvalue weighted by molar-refractivity contribution is 7.47. The minimum atomic E-state index is -4.63. The summed E-state index contributed by atoms with van der Waals surface area (Å²) in [6.45, 7) is 2.20. The van der Waals surface area contributed by atoms with E-state index in [4.69, 9.17) is 18.5 Å². The van der Waals surface area contributed by atoms with Crippen LogP contribution < -0.4 is 0 Å². The van der Waals surface area contributed by atoms with Gasteiger partial charge < -0.3 is 24.6 Å². The number of hydrogen-bond donors (Lipinski definition) is 3. The highest BCUT2D eigenvalue weighted by Gasteiger charge is 2.27. The normalized spacial score (nSPS) is 14.0. The number of esters is 2. The molecular weight excluding hydrogens is 695 g/mol. The van der Waals surface area contributed by atoms with Gasteiger partial charge in [0, 0.05) is 12.8 Å². The molecule has 53 heavy (non-hydrogen) atoms. The smallest absolute Gasteiger partial charge is 0.457 e. The number of aliphatic hydroxyl groups excluding tert-OH is 2. The van der Waals surface area contributed by atoms with Crippen molar-refractivity contribution in [3.8, 4) is 0 Å². The zero-order chi connectivity index (χ0) is 39.1. The molecule has 3 unspecified atom stereocenters. The van der Waals surface area contributed by atoms with Crippen LogP contribution in [0.1, 0.15) is 206 Å². The van der Waals surface area contributed by atoms with Crippen LogP contribution in [0.15, 0.2) is 12.2 Å². The summed E-state index contributed by atoms with van der Waals surface area (Å²) in [6, 6.07) is 0. The minimum absolute atomic E-state index is 0.185. The van der Waals surface area contributed by atoms with Crippen molar-refractivity contribution in [1.82, 2.24) is 0 Å². The molecule has 0 aliphatic heterocycles. The number of phosphoric acid groups is 1. The van der Waals surface area contributed by atoms with Crippen LogP contribution in [0.4, 0.5) is 0 Å². The van der Waals surface area contributed by atoms with Crippen molar-refractivity contribution in [2.75, 3.05) is 26.4 Å². The van der Waals surface area contributed by atoms with E-state index < -0.39 is 58.4 Å². The van der Waals surface area contributed by atoms with Gasteiger partial charge in [0.15, 0.2) is 0 Å². The number of carbonyl (C=O) groups is 2. The van der Waals surface area contributed by atoms with Crippen molar-refractivity contribution in [3.63, 3.8) is 0 Å². The molecule has 10 nitrogen and oxygen atoms in total. The molecule has 0 spiro atoms. The van der Waals surface area contributed by atoms with Crippen LogP contribution in [0.2, 0.25) is 0 Å². The van der Waals surface area contributed by atoms with Gasteiger partial charge in [-0.05, 0) is 38.5 Å². The number of unbranched alkanes of at least 4 members (excludes halogenated alkanes) is 25. The van der Waals surface area contributed by atoms with Crippen LogP contribution in [0.3, 0.4) is 0 Å². The Bertz CT molecular complexity index is 899. The number of phosphoric ester groups is 1. The van der Waals surface area contributed by atoms with Crippen molar-refractivity contribution in [1.29, 1.82) is 0 Å². The van der Waals surface area contributed by atoms with E-state index in [1.165, 1.54) is 109 Å². The van der Waals surface area contributed by atoms with E-state index in [1.54, 1.807) is 0 Å². The monoisotopic (exact) mass is 777 g/mol. The number of allylic oxidation sites excluding steroid dienone is 2. The molecule has 0 aromatic carbocycles.